The van der Waals surface area contributed by atoms with Crippen LogP contribution in [0.2, 0.25) is 0 Å². The molecule has 0 spiro atoms. The average molecular weight is 260 g/mol. The van der Waals surface area contributed by atoms with Gasteiger partial charge in [0.15, 0.2) is 0 Å². The molecule has 0 unspecified atom stereocenters. The molecule has 0 aromatic heterocycles. The van der Waals surface area contributed by atoms with E-state index < -0.39 is 25.0 Å². The van der Waals surface area contributed by atoms with E-state index >= 15 is 0 Å². The van der Waals surface area contributed by atoms with Crippen LogP contribution in [0.1, 0.15) is 0 Å². The maximum atomic E-state index is 13.1. The molecule has 0 saturated heterocycles. The van der Waals surface area contributed by atoms with Crippen LogP contribution < -0.4 is 4.53 Å². The van der Waals surface area contributed by atoms with E-state index in [1.807, 2.05) is 0 Å². The Morgan fingerprint density at radius 3 is 2.07 bits per heavy atom. The molecule has 84 valence electrons. The normalized spacial score (nSPS) is 12.5. The zero-order valence-corrected chi connectivity index (χ0v) is 8.64. The third-order valence-corrected chi connectivity index (χ3v) is 3.27. The SMILES string of the molecule is O=S(=O)(N(F)c1ccccc1)C(F)(F)Cl. The Balaban J connectivity index is 3.12. The number of hydrogen-bond acceptors (Lipinski definition) is 2. The molecule has 0 N–H and O–H groups in total. The summed E-state index contributed by atoms with van der Waals surface area (Å²) >= 11 is 4.27. The van der Waals surface area contributed by atoms with Crippen molar-refractivity contribution >= 4 is 27.3 Å². The molecule has 0 radical (unpaired) electrons. The lowest BCUT2D eigenvalue weighted by atomic mass is 10.3. The van der Waals surface area contributed by atoms with Crippen molar-refractivity contribution in [1.82, 2.24) is 0 Å². The lowest BCUT2D eigenvalue weighted by Gasteiger charge is -2.16. The summed E-state index contributed by atoms with van der Waals surface area (Å²) < 4.78 is 53.7. The Morgan fingerprint density at radius 1 is 1.20 bits per heavy atom. The van der Waals surface area contributed by atoms with E-state index in [1.165, 1.54) is 18.2 Å². The summed E-state index contributed by atoms with van der Waals surface area (Å²) in [5, 5.41) is 0. The molecule has 0 amide bonds. The molecule has 0 bridgehead atoms. The van der Waals surface area contributed by atoms with E-state index in [0.29, 0.717) is 0 Å². The van der Waals surface area contributed by atoms with Gasteiger partial charge in [-0.2, -0.15) is 17.2 Å². The number of hydrogen-bond donors (Lipinski definition) is 0. The second-order valence-corrected chi connectivity index (χ2v) is 4.98. The van der Waals surface area contributed by atoms with Crippen molar-refractivity contribution in [3.8, 4) is 0 Å². The summed E-state index contributed by atoms with van der Waals surface area (Å²) in [4.78, 5) is 0. The molecule has 0 saturated carbocycles. The highest BCUT2D eigenvalue weighted by Gasteiger charge is 2.48. The number of anilines is 1. The topological polar surface area (TPSA) is 37.4 Å². The first kappa shape index (κ1) is 12.1. The predicted molar refractivity (Wildman–Crippen MR) is 49.7 cm³/mol. The van der Waals surface area contributed by atoms with Crippen LogP contribution in [0.4, 0.5) is 18.9 Å². The molecule has 8 heteroatoms. The van der Waals surface area contributed by atoms with Gasteiger partial charge in [0.05, 0.1) is 5.69 Å². The molecular weight excluding hydrogens is 255 g/mol. The van der Waals surface area contributed by atoms with Crippen molar-refractivity contribution in [3.05, 3.63) is 30.3 Å². The van der Waals surface area contributed by atoms with Gasteiger partial charge in [-0.15, -0.1) is 0 Å². The number of halogens is 4. The molecule has 0 aliphatic rings. The molecule has 0 heterocycles. The van der Waals surface area contributed by atoms with Crippen molar-refractivity contribution in [2.75, 3.05) is 4.53 Å². The van der Waals surface area contributed by atoms with E-state index in [9.17, 15) is 21.7 Å². The Hall–Kier alpha value is -0.950. The predicted octanol–water partition coefficient (Wildman–Crippen LogP) is 2.50. The molecule has 0 aliphatic carbocycles. The molecule has 15 heavy (non-hydrogen) atoms. The zero-order valence-electron chi connectivity index (χ0n) is 7.07. The van der Waals surface area contributed by atoms with Gasteiger partial charge in [-0.3, -0.25) is 0 Å². The van der Waals surface area contributed by atoms with Gasteiger partial charge in [0, 0.05) is 0 Å². The van der Waals surface area contributed by atoms with Gasteiger partial charge in [-0.25, -0.2) is 0 Å². The van der Waals surface area contributed by atoms with Crippen molar-refractivity contribution in [1.29, 1.82) is 0 Å². The minimum atomic E-state index is -5.53. The van der Waals surface area contributed by atoms with Crippen molar-refractivity contribution < 1.29 is 21.7 Å². The third-order valence-electron chi connectivity index (χ3n) is 1.46. The van der Waals surface area contributed by atoms with Crippen LogP contribution in [-0.2, 0) is 10.0 Å². The highest BCUT2D eigenvalue weighted by atomic mass is 35.5. The highest BCUT2D eigenvalue weighted by molar-refractivity contribution is 7.94. The minimum absolute atomic E-state index is 0.544. The van der Waals surface area contributed by atoms with Gasteiger partial charge < -0.3 is 0 Å². The monoisotopic (exact) mass is 259 g/mol. The Labute approximate surface area is 89.1 Å². The van der Waals surface area contributed by atoms with Crippen LogP contribution >= 0.6 is 11.6 Å². The fourth-order valence-corrected chi connectivity index (χ4v) is 1.54. The van der Waals surface area contributed by atoms with Gasteiger partial charge in [0.25, 0.3) is 0 Å². The van der Waals surface area contributed by atoms with E-state index in [0.717, 1.165) is 12.1 Å². The molecular formula is C7H5ClF3NO2S. The lowest BCUT2D eigenvalue weighted by Crippen LogP contribution is -2.34. The summed E-state index contributed by atoms with van der Waals surface area (Å²) in [6.45, 7) is 0. The Morgan fingerprint density at radius 2 is 1.67 bits per heavy atom. The van der Waals surface area contributed by atoms with E-state index in [1.54, 1.807) is 0 Å². The van der Waals surface area contributed by atoms with Gasteiger partial charge in [-0.05, 0) is 23.7 Å². The summed E-state index contributed by atoms with van der Waals surface area (Å²) in [6, 6.07) is 6.09. The number of nitrogens with zero attached hydrogens (tertiary/aromatic N) is 1. The maximum Gasteiger partial charge on any atom is 0.444 e. The zero-order chi connectivity index (χ0) is 11.7. The van der Waals surface area contributed by atoms with Gasteiger partial charge >= 0.3 is 14.7 Å². The quantitative estimate of drug-likeness (QED) is 0.618. The standard InChI is InChI=1S/C7H5ClF3NO2S/c8-7(9,10)15(13,14)12(11)6-4-2-1-3-5-6/h1-5H. The van der Waals surface area contributed by atoms with Gasteiger partial charge in [0.1, 0.15) is 0 Å². The van der Waals surface area contributed by atoms with Gasteiger partial charge in [0.2, 0.25) is 0 Å². The average Bonchev–Trinajstić information content (AvgIpc) is 2.16. The number of benzene rings is 1. The molecule has 0 fully saturated rings. The van der Waals surface area contributed by atoms with Crippen molar-refractivity contribution in [3.63, 3.8) is 0 Å². The number of sulfonamides is 1. The number of alkyl halides is 3. The fourth-order valence-electron chi connectivity index (χ4n) is 0.775. The second kappa shape index (κ2) is 3.90. The molecule has 0 aliphatic heterocycles. The number of para-hydroxylation sites is 1. The fraction of sp³-hybridized carbons (Fsp3) is 0.143. The van der Waals surface area contributed by atoms with Crippen LogP contribution in [0.25, 0.3) is 0 Å². The van der Waals surface area contributed by atoms with Crippen LogP contribution in [0, 0.1) is 0 Å². The molecule has 3 nitrogen and oxygen atoms in total. The largest absolute Gasteiger partial charge is 0.444 e. The molecule has 0 atom stereocenters. The van der Waals surface area contributed by atoms with Crippen molar-refractivity contribution in [2.45, 2.75) is 4.71 Å². The summed E-state index contributed by atoms with van der Waals surface area (Å²) in [5.74, 6) is 0. The van der Waals surface area contributed by atoms with E-state index in [-0.39, 0.29) is 0 Å². The minimum Gasteiger partial charge on any atom is -0.196 e. The van der Waals surface area contributed by atoms with Crippen LogP contribution in [-0.4, -0.2) is 13.1 Å². The first-order valence-electron chi connectivity index (χ1n) is 3.59. The van der Waals surface area contributed by atoms with Crippen LogP contribution in [0.15, 0.2) is 30.3 Å². The maximum absolute atomic E-state index is 13.1. The van der Waals surface area contributed by atoms with E-state index in [2.05, 4.69) is 11.6 Å². The smallest absolute Gasteiger partial charge is 0.196 e. The lowest BCUT2D eigenvalue weighted by molar-refractivity contribution is 0.183. The molecule has 1 rings (SSSR count). The second-order valence-electron chi connectivity index (χ2n) is 2.50. The highest BCUT2D eigenvalue weighted by Crippen LogP contribution is 2.32. The first-order valence-corrected chi connectivity index (χ1v) is 5.41. The number of rotatable bonds is 3. The van der Waals surface area contributed by atoms with E-state index in [4.69, 9.17) is 0 Å². The van der Waals surface area contributed by atoms with Crippen LogP contribution in [0.3, 0.4) is 0 Å². The van der Waals surface area contributed by atoms with Gasteiger partial charge in [-0.1, -0.05) is 27.2 Å². The third kappa shape index (κ3) is 2.35. The molecule has 1 aromatic rings. The summed E-state index contributed by atoms with van der Waals surface area (Å²) in [7, 11) is -5.53. The summed E-state index contributed by atoms with van der Waals surface area (Å²) in [5.41, 5.74) is -0.544. The Bertz CT molecular complexity index is 431. The summed E-state index contributed by atoms with van der Waals surface area (Å²) in [6.07, 6.45) is 0. The first-order chi connectivity index (χ1) is 6.77. The van der Waals surface area contributed by atoms with Crippen molar-refractivity contribution in [2.24, 2.45) is 0 Å². The molecule has 1 aromatic carbocycles. The Kier molecular flexibility index (Phi) is 3.15. The van der Waals surface area contributed by atoms with Crippen LogP contribution in [0.5, 0.6) is 0 Å².